The van der Waals surface area contributed by atoms with Gasteiger partial charge in [0.2, 0.25) is 10.0 Å². The minimum absolute atomic E-state index is 0.582. The Kier molecular flexibility index (Phi) is 5.95. The van der Waals surface area contributed by atoms with E-state index >= 15 is 0 Å². The molecule has 134 valence electrons. The second kappa shape index (κ2) is 7.98. The quantitative estimate of drug-likeness (QED) is 0.820. The van der Waals surface area contributed by atoms with Crippen LogP contribution in [-0.4, -0.2) is 56.1 Å². The van der Waals surface area contributed by atoms with Gasteiger partial charge in [0.25, 0.3) is 0 Å². The van der Waals surface area contributed by atoms with Crippen molar-refractivity contribution in [1.82, 2.24) is 9.21 Å². The van der Waals surface area contributed by atoms with Crippen molar-refractivity contribution in [3.05, 3.63) is 35.9 Å². The van der Waals surface area contributed by atoms with Gasteiger partial charge in [-0.15, -0.1) is 0 Å². The number of sulfonamides is 1. The van der Waals surface area contributed by atoms with Crippen molar-refractivity contribution in [2.24, 2.45) is 5.92 Å². The first-order valence-electron chi connectivity index (χ1n) is 9.25. The molecule has 5 heteroatoms. The Hall–Kier alpha value is -0.910. The largest absolute Gasteiger partial charge is 0.300 e. The summed E-state index contributed by atoms with van der Waals surface area (Å²) in [5.74, 6) is 0.845. The maximum absolute atomic E-state index is 11.6. The number of likely N-dealkylation sites (tertiary alicyclic amines) is 1. The van der Waals surface area contributed by atoms with Crippen LogP contribution >= 0.6 is 0 Å². The standard InChI is InChI=1S/C19H30N2O2S/c1-24(22,23)21-15-11-19(12-16-21)20-13-9-18(10-14-20)8-7-17-5-3-2-4-6-17/h2-6,18-19H,7-16H2,1H3. The first-order chi connectivity index (χ1) is 11.5. The van der Waals surface area contributed by atoms with Crippen molar-refractivity contribution in [2.45, 2.75) is 44.6 Å². The molecule has 0 aliphatic carbocycles. The third-order valence-corrected chi connectivity index (χ3v) is 7.05. The van der Waals surface area contributed by atoms with Gasteiger partial charge in [0.05, 0.1) is 6.26 Å². The molecular formula is C19H30N2O2S. The van der Waals surface area contributed by atoms with Gasteiger partial charge in [-0.25, -0.2) is 12.7 Å². The summed E-state index contributed by atoms with van der Waals surface area (Å²) in [5, 5.41) is 0. The van der Waals surface area contributed by atoms with E-state index in [0.717, 1.165) is 18.8 Å². The first-order valence-corrected chi connectivity index (χ1v) is 11.1. The number of rotatable bonds is 5. The van der Waals surface area contributed by atoms with E-state index in [9.17, 15) is 8.42 Å². The molecule has 3 rings (SSSR count). The minimum Gasteiger partial charge on any atom is -0.300 e. The van der Waals surface area contributed by atoms with Crippen molar-refractivity contribution in [1.29, 1.82) is 0 Å². The van der Waals surface area contributed by atoms with Gasteiger partial charge in [0.15, 0.2) is 0 Å². The van der Waals surface area contributed by atoms with Gasteiger partial charge in [-0.3, -0.25) is 0 Å². The molecule has 4 nitrogen and oxygen atoms in total. The maximum atomic E-state index is 11.6. The fraction of sp³-hybridized carbons (Fsp3) is 0.684. The molecule has 2 heterocycles. The molecular weight excluding hydrogens is 320 g/mol. The number of hydrogen-bond donors (Lipinski definition) is 0. The zero-order chi connectivity index (χ0) is 17.0. The maximum Gasteiger partial charge on any atom is 0.211 e. The topological polar surface area (TPSA) is 40.6 Å². The molecule has 0 saturated carbocycles. The summed E-state index contributed by atoms with van der Waals surface area (Å²) >= 11 is 0. The zero-order valence-electron chi connectivity index (χ0n) is 14.7. The fourth-order valence-corrected chi connectivity index (χ4v) is 5.04. The Bertz CT molecular complexity index is 602. The van der Waals surface area contributed by atoms with Crippen molar-refractivity contribution in [2.75, 3.05) is 32.4 Å². The van der Waals surface area contributed by atoms with E-state index in [1.54, 1.807) is 4.31 Å². The molecule has 2 aliphatic heterocycles. The molecule has 24 heavy (non-hydrogen) atoms. The first kappa shape index (κ1) is 17.9. The van der Waals surface area contributed by atoms with E-state index in [1.165, 1.54) is 50.6 Å². The van der Waals surface area contributed by atoms with Gasteiger partial charge in [-0.05, 0) is 63.1 Å². The van der Waals surface area contributed by atoms with Crippen molar-refractivity contribution >= 4 is 10.0 Å². The minimum atomic E-state index is -3.01. The summed E-state index contributed by atoms with van der Waals surface area (Å²) in [7, 11) is -3.01. The van der Waals surface area contributed by atoms with Crippen LogP contribution in [-0.2, 0) is 16.4 Å². The number of aryl methyl sites for hydroxylation is 1. The fourth-order valence-electron chi connectivity index (χ4n) is 4.16. The van der Waals surface area contributed by atoms with Gasteiger partial charge in [-0.1, -0.05) is 30.3 Å². The van der Waals surface area contributed by atoms with Crippen LogP contribution in [0.2, 0.25) is 0 Å². The van der Waals surface area contributed by atoms with Crippen LogP contribution in [0, 0.1) is 5.92 Å². The molecule has 0 aromatic heterocycles. The Labute approximate surface area is 146 Å². The van der Waals surface area contributed by atoms with Crippen LogP contribution in [0.15, 0.2) is 30.3 Å². The van der Waals surface area contributed by atoms with E-state index in [4.69, 9.17) is 0 Å². The summed E-state index contributed by atoms with van der Waals surface area (Å²) in [5.41, 5.74) is 1.45. The lowest BCUT2D eigenvalue weighted by Crippen LogP contribution is -2.48. The third kappa shape index (κ3) is 4.80. The van der Waals surface area contributed by atoms with Gasteiger partial charge in [0, 0.05) is 19.1 Å². The average Bonchev–Trinajstić information content (AvgIpc) is 2.61. The van der Waals surface area contributed by atoms with Gasteiger partial charge in [-0.2, -0.15) is 0 Å². The summed E-state index contributed by atoms with van der Waals surface area (Å²) < 4.78 is 24.9. The average molecular weight is 351 g/mol. The van der Waals surface area contributed by atoms with Crippen LogP contribution in [0.25, 0.3) is 0 Å². The molecule has 0 N–H and O–H groups in total. The summed E-state index contributed by atoms with van der Waals surface area (Å²) in [4.78, 5) is 2.61. The van der Waals surface area contributed by atoms with Crippen LogP contribution in [0.1, 0.15) is 37.7 Å². The van der Waals surface area contributed by atoms with Crippen LogP contribution in [0.4, 0.5) is 0 Å². The van der Waals surface area contributed by atoms with Crippen LogP contribution < -0.4 is 0 Å². The highest BCUT2D eigenvalue weighted by molar-refractivity contribution is 7.88. The zero-order valence-corrected chi connectivity index (χ0v) is 15.5. The predicted octanol–water partition coefficient (Wildman–Crippen LogP) is 2.76. The van der Waals surface area contributed by atoms with Crippen molar-refractivity contribution in [3.63, 3.8) is 0 Å². The lowest BCUT2D eigenvalue weighted by Gasteiger charge is -2.41. The SMILES string of the molecule is CS(=O)(=O)N1CCC(N2CCC(CCc3ccccc3)CC2)CC1. The highest BCUT2D eigenvalue weighted by atomic mass is 32.2. The van der Waals surface area contributed by atoms with Gasteiger partial charge in [0.1, 0.15) is 0 Å². The molecule has 0 radical (unpaired) electrons. The molecule has 2 aliphatic rings. The smallest absolute Gasteiger partial charge is 0.211 e. The normalized spacial score (nSPS) is 22.7. The van der Waals surface area contributed by atoms with Crippen LogP contribution in [0.5, 0.6) is 0 Å². The number of nitrogens with zero attached hydrogens (tertiary/aromatic N) is 2. The second-order valence-electron chi connectivity index (χ2n) is 7.40. The van der Waals surface area contributed by atoms with E-state index in [1.807, 2.05) is 0 Å². The van der Waals surface area contributed by atoms with Crippen molar-refractivity contribution < 1.29 is 8.42 Å². The highest BCUT2D eigenvalue weighted by Crippen LogP contribution is 2.27. The lowest BCUT2D eigenvalue weighted by molar-refractivity contribution is 0.0952. The number of hydrogen-bond acceptors (Lipinski definition) is 3. The van der Waals surface area contributed by atoms with E-state index in [-0.39, 0.29) is 0 Å². The second-order valence-corrected chi connectivity index (χ2v) is 9.38. The molecule has 0 spiro atoms. The number of piperidine rings is 2. The van der Waals surface area contributed by atoms with E-state index in [0.29, 0.717) is 19.1 Å². The summed E-state index contributed by atoms with van der Waals surface area (Å²) in [6, 6.07) is 11.4. The van der Waals surface area contributed by atoms with E-state index < -0.39 is 10.0 Å². The van der Waals surface area contributed by atoms with E-state index in [2.05, 4.69) is 35.2 Å². The van der Waals surface area contributed by atoms with Gasteiger partial charge < -0.3 is 4.90 Å². The molecule has 1 aromatic carbocycles. The molecule has 0 amide bonds. The molecule has 2 saturated heterocycles. The molecule has 1 aromatic rings. The Balaban J connectivity index is 1.40. The van der Waals surface area contributed by atoms with Crippen LogP contribution in [0.3, 0.4) is 0 Å². The molecule has 0 bridgehead atoms. The Morgan fingerprint density at radius 2 is 1.58 bits per heavy atom. The monoisotopic (exact) mass is 350 g/mol. The molecule has 2 fully saturated rings. The molecule has 0 atom stereocenters. The highest BCUT2D eigenvalue weighted by Gasteiger charge is 2.30. The van der Waals surface area contributed by atoms with Crippen molar-refractivity contribution in [3.8, 4) is 0 Å². The third-order valence-electron chi connectivity index (χ3n) is 5.74. The summed E-state index contributed by atoms with van der Waals surface area (Å²) in [6.45, 7) is 3.75. The Morgan fingerprint density at radius 3 is 2.17 bits per heavy atom. The predicted molar refractivity (Wildman–Crippen MR) is 98.5 cm³/mol. The molecule has 0 unspecified atom stereocenters. The Morgan fingerprint density at radius 1 is 0.958 bits per heavy atom. The van der Waals surface area contributed by atoms with Gasteiger partial charge >= 0.3 is 0 Å². The lowest BCUT2D eigenvalue weighted by atomic mass is 9.89. The number of benzene rings is 1. The summed E-state index contributed by atoms with van der Waals surface area (Å²) in [6.07, 6.45) is 8.37.